The van der Waals surface area contributed by atoms with E-state index < -0.39 is 0 Å². The van der Waals surface area contributed by atoms with Crippen LogP contribution < -0.4 is 0 Å². The van der Waals surface area contributed by atoms with Crippen LogP contribution in [0.1, 0.15) is 19.0 Å². The van der Waals surface area contributed by atoms with Gasteiger partial charge in [0.2, 0.25) is 0 Å². The second kappa shape index (κ2) is 6.17. The van der Waals surface area contributed by atoms with E-state index >= 15 is 0 Å². The van der Waals surface area contributed by atoms with Crippen molar-refractivity contribution in [2.24, 2.45) is 0 Å². The molecule has 2 aromatic heterocycles. The van der Waals surface area contributed by atoms with Gasteiger partial charge in [-0.3, -0.25) is 9.88 Å². The van der Waals surface area contributed by atoms with E-state index in [2.05, 4.69) is 22.2 Å². The summed E-state index contributed by atoms with van der Waals surface area (Å²) in [6, 6.07) is 14.1. The zero-order valence-corrected chi connectivity index (χ0v) is 13.2. The van der Waals surface area contributed by atoms with Crippen LogP contribution in [-0.2, 0) is 0 Å². The van der Waals surface area contributed by atoms with Gasteiger partial charge in [-0.15, -0.1) is 0 Å². The molecule has 3 aromatic rings. The van der Waals surface area contributed by atoms with Gasteiger partial charge in [0.25, 0.3) is 0 Å². The summed E-state index contributed by atoms with van der Waals surface area (Å²) in [6.07, 6.45) is 10.0. The number of pyridine rings is 1. The van der Waals surface area contributed by atoms with E-state index in [4.69, 9.17) is 0 Å². The smallest absolute Gasteiger partial charge is 0.181 e. The van der Waals surface area contributed by atoms with Gasteiger partial charge in [0.1, 0.15) is 6.17 Å². The molecule has 5 nitrogen and oxygen atoms in total. The Hall–Kier alpha value is -3.13. The van der Waals surface area contributed by atoms with E-state index in [1.54, 1.807) is 0 Å². The molecular formula is C19H17N5. The molecule has 1 saturated heterocycles. The summed E-state index contributed by atoms with van der Waals surface area (Å²) >= 11 is 0. The molecule has 1 aliphatic rings. The Morgan fingerprint density at radius 2 is 1.92 bits per heavy atom. The zero-order valence-electron chi connectivity index (χ0n) is 13.2. The van der Waals surface area contributed by atoms with Crippen LogP contribution in [0.3, 0.4) is 0 Å². The summed E-state index contributed by atoms with van der Waals surface area (Å²) < 4.78 is 2.04. The number of imidazole rings is 1. The number of rotatable bonds is 3. The third-order valence-corrected chi connectivity index (χ3v) is 4.42. The summed E-state index contributed by atoms with van der Waals surface area (Å²) in [7, 11) is 0. The number of hydrogen-bond donors (Lipinski definition) is 0. The van der Waals surface area contributed by atoms with Crippen molar-refractivity contribution in [2.45, 2.75) is 19.0 Å². The Kier molecular flexibility index (Phi) is 3.72. The normalized spacial score (nSPS) is 17.0. The predicted molar refractivity (Wildman–Crippen MR) is 91.5 cm³/mol. The highest BCUT2D eigenvalue weighted by atomic mass is 15.3. The van der Waals surface area contributed by atoms with E-state index in [-0.39, 0.29) is 6.17 Å². The van der Waals surface area contributed by atoms with Gasteiger partial charge in [0.05, 0.1) is 17.7 Å². The van der Waals surface area contributed by atoms with Crippen molar-refractivity contribution >= 4 is 0 Å². The first-order valence-corrected chi connectivity index (χ1v) is 8.07. The van der Waals surface area contributed by atoms with Crippen LogP contribution in [0.15, 0.2) is 61.2 Å². The number of nitrogens with zero attached hydrogens (tertiary/aromatic N) is 5. The van der Waals surface area contributed by atoms with Gasteiger partial charge in [-0.25, -0.2) is 4.98 Å². The third-order valence-electron chi connectivity index (χ3n) is 4.42. The van der Waals surface area contributed by atoms with E-state index in [9.17, 15) is 5.26 Å². The SMILES string of the molecule is N#CN1CCCC1n1cnc(-c2ccnc(-c3ccccc3)c2)c1. The molecule has 0 spiro atoms. The molecule has 0 radical (unpaired) electrons. The second-order valence-corrected chi connectivity index (χ2v) is 5.92. The third kappa shape index (κ3) is 2.63. The minimum Gasteiger partial charge on any atom is -0.315 e. The summed E-state index contributed by atoms with van der Waals surface area (Å²) in [5, 5.41) is 9.22. The molecule has 0 bridgehead atoms. The fraction of sp³-hybridized carbons (Fsp3) is 0.211. The number of likely N-dealkylation sites (tertiary alicyclic amines) is 1. The van der Waals surface area contributed by atoms with Gasteiger partial charge in [0.15, 0.2) is 6.19 Å². The first-order valence-electron chi connectivity index (χ1n) is 8.07. The van der Waals surface area contributed by atoms with Gasteiger partial charge in [-0.1, -0.05) is 30.3 Å². The predicted octanol–water partition coefficient (Wildman–Crippen LogP) is 3.69. The quantitative estimate of drug-likeness (QED) is 0.692. The van der Waals surface area contributed by atoms with E-state index in [0.717, 1.165) is 41.9 Å². The highest BCUT2D eigenvalue weighted by Gasteiger charge is 2.25. The molecule has 0 N–H and O–H groups in total. The first-order chi connectivity index (χ1) is 11.8. The molecule has 1 unspecified atom stereocenters. The Morgan fingerprint density at radius 1 is 1.04 bits per heavy atom. The lowest BCUT2D eigenvalue weighted by atomic mass is 10.1. The van der Waals surface area contributed by atoms with Crippen molar-refractivity contribution in [3.63, 3.8) is 0 Å². The van der Waals surface area contributed by atoms with Crippen LogP contribution in [0.25, 0.3) is 22.5 Å². The van der Waals surface area contributed by atoms with Crippen molar-refractivity contribution in [1.82, 2.24) is 19.4 Å². The standard InChI is InChI=1S/C19H17N5/c20-13-23-10-4-7-19(23)24-12-18(22-14-24)16-8-9-21-17(11-16)15-5-2-1-3-6-15/h1-3,5-6,8-9,11-12,14,19H,4,7,10H2. The molecule has 1 aromatic carbocycles. The number of benzene rings is 1. The summed E-state index contributed by atoms with van der Waals surface area (Å²) in [5.74, 6) is 0. The molecule has 1 atom stereocenters. The molecule has 5 heteroatoms. The Morgan fingerprint density at radius 3 is 2.75 bits per heavy atom. The average molecular weight is 315 g/mol. The van der Waals surface area contributed by atoms with Crippen molar-refractivity contribution < 1.29 is 0 Å². The highest BCUT2D eigenvalue weighted by molar-refractivity contribution is 5.67. The van der Waals surface area contributed by atoms with Gasteiger partial charge in [0, 0.05) is 30.1 Å². The van der Waals surface area contributed by atoms with Gasteiger partial charge in [-0.05, 0) is 25.0 Å². The monoisotopic (exact) mass is 315 g/mol. The summed E-state index contributed by atoms with van der Waals surface area (Å²) in [4.78, 5) is 10.8. The van der Waals surface area contributed by atoms with Crippen LogP contribution in [0, 0.1) is 11.5 Å². The second-order valence-electron chi connectivity index (χ2n) is 5.92. The molecule has 0 amide bonds. The minimum atomic E-state index is 0.0895. The molecule has 0 aliphatic carbocycles. The summed E-state index contributed by atoms with van der Waals surface area (Å²) in [5.41, 5.74) is 3.95. The van der Waals surface area contributed by atoms with Crippen LogP contribution in [0.5, 0.6) is 0 Å². The lowest BCUT2D eigenvalue weighted by molar-refractivity contribution is 0.281. The fourth-order valence-electron chi connectivity index (χ4n) is 3.18. The molecule has 24 heavy (non-hydrogen) atoms. The van der Waals surface area contributed by atoms with Crippen molar-refractivity contribution in [3.8, 4) is 28.7 Å². The van der Waals surface area contributed by atoms with Crippen LogP contribution >= 0.6 is 0 Å². The molecular weight excluding hydrogens is 298 g/mol. The molecule has 1 fully saturated rings. The number of nitriles is 1. The van der Waals surface area contributed by atoms with Crippen molar-refractivity contribution in [1.29, 1.82) is 5.26 Å². The highest BCUT2D eigenvalue weighted by Crippen LogP contribution is 2.28. The molecule has 1 aliphatic heterocycles. The van der Waals surface area contributed by atoms with E-state index in [0.29, 0.717) is 0 Å². The maximum atomic E-state index is 9.22. The number of hydrogen-bond acceptors (Lipinski definition) is 4. The van der Waals surface area contributed by atoms with E-state index in [1.807, 2.05) is 64.6 Å². The van der Waals surface area contributed by atoms with Crippen molar-refractivity contribution in [3.05, 3.63) is 61.2 Å². The van der Waals surface area contributed by atoms with Crippen LogP contribution in [0.4, 0.5) is 0 Å². The van der Waals surface area contributed by atoms with Gasteiger partial charge >= 0.3 is 0 Å². The van der Waals surface area contributed by atoms with Gasteiger partial charge in [-0.2, -0.15) is 5.26 Å². The minimum absolute atomic E-state index is 0.0895. The molecule has 118 valence electrons. The Balaban J connectivity index is 1.65. The average Bonchev–Trinajstić information content (AvgIpc) is 3.31. The van der Waals surface area contributed by atoms with Crippen molar-refractivity contribution in [2.75, 3.05) is 6.54 Å². The summed E-state index contributed by atoms with van der Waals surface area (Å²) in [6.45, 7) is 0.822. The lowest BCUT2D eigenvalue weighted by Gasteiger charge is -2.19. The fourth-order valence-corrected chi connectivity index (χ4v) is 3.18. The number of aromatic nitrogens is 3. The Labute approximate surface area is 140 Å². The van der Waals surface area contributed by atoms with Gasteiger partial charge < -0.3 is 4.57 Å². The molecule has 4 rings (SSSR count). The zero-order chi connectivity index (χ0) is 16.4. The maximum absolute atomic E-state index is 9.22. The molecule has 3 heterocycles. The van der Waals surface area contributed by atoms with Crippen LogP contribution in [0.2, 0.25) is 0 Å². The Bertz CT molecular complexity index is 878. The first kappa shape index (κ1) is 14.5. The van der Waals surface area contributed by atoms with E-state index in [1.165, 1.54) is 0 Å². The lowest BCUT2D eigenvalue weighted by Crippen LogP contribution is -2.21. The topological polar surface area (TPSA) is 57.7 Å². The maximum Gasteiger partial charge on any atom is 0.181 e. The van der Waals surface area contributed by atoms with Crippen LogP contribution in [-0.4, -0.2) is 26.0 Å². The largest absolute Gasteiger partial charge is 0.315 e. The molecule has 0 saturated carbocycles.